The van der Waals surface area contributed by atoms with Crippen LogP contribution in [0.15, 0.2) is 0 Å². The molecule has 0 aromatic carbocycles. The third-order valence-electron chi connectivity index (χ3n) is 6.60. The van der Waals surface area contributed by atoms with Crippen molar-refractivity contribution in [3.05, 3.63) is 0 Å². The maximum absolute atomic E-state index is 5.49. The summed E-state index contributed by atoms with van der Waals surface area (Å²) in [6.07, 6.45) is 25.2. The molecule has 0 N–H and O–H groups in total. The van der Waals surface area contributed by atoms with E-state index in [-0.39, 0.29) is 12.4 Å². The summed E-state index contributed by atoms with van der Waals surface area (Å²) < 4.78 is 16.5. The molecule has 0 saturated carbocycles. The maximum Gasteiger partial charge on any atom is 0.500 e. The van der Waals surface area contributed by atoms with Gasteiger partial charge in [-0.1, -0.05) is 103 Å². The number of nitrogens with zero attached hydrogens (tertiary/aromatic N) is 1. The Bertz CT molecular complexity index is 352. The first-order valence-corrected chi connectivity index (χ1v) is 15.4. The third kappa shape index (κ3) is 20.9. The monoisotopic (exact) mass is 495 g/mol. The highest BCUT2D eigenvalue weighted by Gasteiger charge is 2.36. The van der Waals surface area contributed by atoms with Gasteiger partial charge in [-0.15, -0.1) is 12.4 Å². The average Bonchev–Trinajstić information content (AvgIpc) is 2.79. The molecule has 0 amide bonds. The van der Waals surface area contributed by atoms with Crippen molar-refractivity contribution in [1.82, 2.24) is 4.90 Å². The van der Waals surface area contributed by atoms with Crippen LogP contribution in [0.1, 0.15) is 122 Å². The fourth-order valence-electron chi connectivity index (χ4n) is 4.32. The number of hydrogen-bond donors (Lipinski definition) is 0. The molecule has 4 nitrogen and oxygen atoms in total. The van der Waals surface area contributed by atoms with E-state index in [1.165, 1.54) is 116 Å². The van der Waals surface area contributed by atoms with E-state index in [9.17, 15) is 0 Å². The second-order valence-electron chi connectivity index (χ2n) is 9.36. The largest absolute Gasteiger partial charge is 0.500 e. The van der Waals surface area contributed by atoms with Crippen LogP contribution in [0.4, 0.5) is 0 Å². The van der Waals surface area contributed by atoms with Crippen molar-refractivity contribution >= 4 is 21.2 Å². The molecule has 0 heterocycles. The van der Waals surface area contributed by atoms with Gasteiger partial charge in [0.05, 0.1) is 0 Å². The van der Waals surface area contributed by atoms with Crippen LogP contribution in [0.2, 0.25) is 6.04 Å². The minimum atomic E-state index is -2.37. The van der Waals surface area contributed by atoms with Gasteiger partial charge >= 0.3 is 8.80 Å². The van der Waals surface area contributed by atoms with Crippen molar-refractivity contribution < 1.29 is 13.3 Å². The van der Waals surface area contributed by atoms with E-state index in [1.54, 1.807) is 21.3 Å². The smallest absolute Gasteiger partial charge is 0.377 e. The molecule has 0 aliphatic carbocycles. The molecule has 0 bridgehead atoms. The Morgan fingerprint density at radius 3 is 1.16 bits per heavy atom. The molecular weight excluding hydrogens is 438 g/mol. The van der Waals surface area contributed by atoms with E-state index in [0.29, 0.717) is 0 Å². The van der Waals surface area contributed by atoms with Gasteiger partial charge in [-0.05, 0) is 39.4 Å². The number of unbranched alkanes of at least 4 members (excludes halogenated alkanes) is 16. The Kier molecular flexibility index (Phi) is 28.0. The van der Waals surface area contributed by atoms with Gasteiger partial charge in [0, 0.05) is 27.4 Å². The fourth-order valence-corrected chi connectivity index (χ4v) is 6.12. The molecule has 0 fully saturated rings. The van der Waals surface area contributed by atoms with E-state index >= 15 is 0 Å². The lowest BCUT2D eigenvalue weighted by Gasteiger charge is -2.24. The second kappa shape index (κ2) is 26.0. The first kappa shape index (κ1) is 34.5. The molecule has 0 aromatic heterocycles. The molecule has 0 aliphatic rings. The highest BCUT2D eigenvalue weighted by atomic mass is 35.5. The van der Waals surface area contributed by atoms with Crippen LogP contribution in [-0.2, 0) is 13.3 Å². The van der Waals surface area contributed by atoms with Crippen molar-refractivity contribution in [3.8, 4) is 0 Å². The SMILES string of the molecule is CCCCCCCCCCCCCCCCCCN(C)CCCC[Si](OC)(OC)OC.Cl. The van der Waals surface area contributed by atoms with Crippen LogP contribution in [0, 0.1) is 0 Å². The molecule has 0 unspecified atom stereocenters. The second-order valence-corrected chi connectivity index (χ2v) is 12.4. The molecule has 0 aliphatic heterocycles. The van der Waals surface area contributed by atoms with Gasteiger partial charge < -0.3 is 18.2 Å². The van der Waals surface area contributed by atoms with Crippen LogP contribution in [0.25, 0.3) is 0 Å². The van der Waals surface area contributed by atoms with E-state index < -0.39 is 8.80 Å². The quantitative estimate of drug-likeness (QED) is 0.0941. The molecule has 0 spiro atoms. The predicted octanol–water partition coefficient (Wildman–Crippen LogP) is 8.26. The summed E-state index contributed by atoms with van der Waals surface area (Å²) in [5.74, 6) is 0. The van der Waals surface area contributed by atoms with E-state index in [2.05, 4.69) is 18.9 Å². The summed E-state index contributed by atoms with van der Waals surface area (Å²) >= 11 is 0. The minimum Gasteiger partial charge on any atom is -0.377 e. The van der Waals surface area contributed by atoms with Gasteiger partial charge in [-0.3, -0.25) is 0 Å². The van der Waals surface area contributed by atoms with Crippen LogP contribution >= 0.6 is 12.4 Å². The van der Waals surface area contributed by atoms with E-state index in [0.717, 1.165) is 19.0 Å². The standard InChI is InChI=1S/C26H57NO3Si.ClH/c1-6-7-8-9-10-11-12-13-14-15-16-17-18-19-20-21-24-27(2)25-22-23-26-31(28-3,29-4)30-5;/h6-26H2,1-5H3;1H. The molecule has 0 aromatic rings. The van der Waals surface area contributed by atoms with Gasteiger partial charge in [-0.25, -0.2) is 0 Å². The maximum atomic E-state index is 5.49. The Morgan fingerprint density at radius 2 is 0.812 bits per heavy atom. The lowest BCUT2D eigenvalue weighted by molar-refractivity contribution is 0.122. The first-order chi connectivity index (χ1) is 15.1. The Morgan fingerprint density at radius 1 is 0.500 bits per heavy atom. The van der Waals surface area contributed by atoms with Crippen molar-refractivity contribution in [2.45, 2.75) is 129 Å². The van der Waals surface area contributed by atoms with E-state index in [4.69, 9.17) is 13.3 Å². The molecular formula is C26H58ClNO3Si. The first-order valence-electron chi connectivity index (χ1n) is 13.5. The normalized spacial score (nSPS) is 11.8. The van der Waals surface area contributed by atoms with Gasteiger partial charge in [0.2, 0.25) is 0 Å². The number of hydrogen-bond acceptors (Lipinski definition) is 4. The Hall–Kier alpha value is 0.347. The summed E-state index contributed by atoms with van der Waals surface area (Å²) in [6, 6.07) is 0.906. The van der Waals surface area contributed by atoms with E-state index in [1.807, 2.05) is 0 Å². The summed E-state index contributed by atoms with van der Waals surface area (Å²) in [4.78, 5) is 2.47. The van der Waals surface area contributed by atoms with Crippen molar-refractivity contribution in [3.63, 3.8) is 0 Å². The number of halogens is 1. The Labute approximate surface area is 209 Å². The zero-order valence-corrected chi connectivity index (χ0v) is 24.2. The predicted molar refractivity (Wildman–Crippen MR) is 145 cm³/mol. The molecule has 0 rings (SSSR count). The lowest BCUT2D eigenvalue weighted by Crippen LogP contribution is -2.42. The average molecular weight is 496 g/mol. The van der Waals surface area contributed by atoms with Crippen LogP contribution < -0.4 is 0 Å². The summed E-state index contributed by atoms with van der Waals surface area (Å²) in [7, 11) is 4.97. The van der Waals surface area contributed by atoms with Crippen molar-refractivity contribution in [1.29, 1.82) is 0 Å². The van der Waals surface area contributed by atoms with Crippen molar-refractivity contribution in [2.75, 3.05) is 41.5 Å². The molecule has 0 radical (unpaired) electrons. The molecule has 196 valence electrons. The molecule has 0 saturated heterocycles. The van der Waals surface area contributed by atoms with Gasteiger partial charge in [0.15, 0.2) is 0 Å². The molecule has 0 atom stereocenters. The Balaban J connectivity index is 0. The highest BCUT2D eigenvalue weighted by Crippen LogP contribution is 2.17. The zero-order valence-electron chi connectivity index (χ0n) is 22.4. The van der Waals surface area contributed by atoms with Crippen LogP contribution in [0.5, 0.6) is 0 Å². The summed E-state index contributed by atoms with van der Waals surface area (Å²) in [5.41, 5.74) is 0. The highest BCUT2D eigenvalue weighted by molar-refractivity contribution is 6.60. The van der Waals surface area contributed by atoms with Gasteiger partial charge in [0.1, 0.15) is 0 Å². The van der Waals surface area contributed by atoms with Gasteiger partial charge in [0.25, 0.3) is 0 Å². The fraction of sp³-hybridized carbons (Fsp3) is 1.00. The lowest BCUT2D eigenvalue weighted by atomic mass is 10.0. The van der Waals surface area contributed by atoms with Crippen LogP contribution in [-0.4, -0.2) is 55.2 Å². The third-order valence-corrected chi connectivity index (χ3v) is 9.43. The molecule has 6 heteroatoms. The van der Waals surface area contributed by atoms with Gasteiger partial charge in [-0.2, -0.15) is 0 Å². The van der Waals surface area contributed by atoms with Crippen molar-refractivity contribution in [2.24, 2.45) is 0 Å². The number of rotatable bonds is 25. The minimum absolute atomic E-state index is 0. The zero-order chi connectivity index (χ0) is 23.0. The summed E-state index contributed by atoms with van der Waals surface area (Å²) in [5, 5.41) is 0. The topological polar surface area (TPSA) is 30.9 Å². The summed E-state index contributed by atoms with van der Waals surface area (Å²) in [6.45, 7) is 4.67. The van der Waals surface area contributed by atoms with Crippen LogP contribution in [0.3, 0.4) is 0 Å². The molecule has 32 heavy (non-hydrogen) atoms.